The topological polar surface area (TPSA) is 259 Å². The van der Waals surface area contributed by atoms with E-state index in [1.54, 1.807) is 27.9 Å². The highest BCUT2D eigenvalue weighted by Crippen LogP contribution is 2.33. The normalized spacial score (nSPS) is 11.6. The Kier molecular flexibility index (Phi) is 7.54. The van der Waals surface area contributed by atoms with Crippen LogP contribution in [0.3, 0.4) is 0 Å². The maximum Gasteiger partial charge on any atom is 0.343 e. The van der Waals surface area contributed by atoms with E-state index < -0.39 is 11.8 Å². The van der Waals surface area contributed by atoms with Gasteiger partial charge in [0, 0.05) is 20.2 Å². The zero-order valence-corrected chi connectivity index (χ0v) is 23.9. The second-order valence-electron chi connectivity index (χ2n) is 9.08. The molecule has 0 fully saturated rings. The number of methoxy groups -OCH3 is 1. The Morgan fingerprint density at radius 2 is 1.30 bits per heavy atom. The van der Waals surface area contributed by atoms with Crippen molar-refractivity contribution in [2.45, 2.75) is 13.8 Å². The van der Waals surface area contributed by atoms with E-state index in [1.807, 2.05) is 0 Å². The maximum atomic E-state index is 12.0. The molecule has 0 radical (unpaired) electrons. The van der Waals surface area contributed by atoms with Crippen molar-refractivity contribution in [2.24, 2.45) is 34.6 Å². The molecule has 0 aliphatic rings. The molecule has 0 spiro atoms. The molecule has 0 aliphatic carbocycles. The van der Waals surface area contributed by atoms with Crippen molar-refractivity contribution in [3.05, 3.63) is 47.3 Å². The van der Waals surface area contributed by atoms with Crippen LogP contribution in [0.4, 0.5) is 34.6 Å². The molecule has 0 saturated heterocycles. The van der Waals surface area contributed by atoms with Crippen molar-refractivity contribution < 1.29 is 19.1 Å². The molecule has 20 nitrogen and oxygen atoms in total. The number of aryl methyl sites for hydroxylation is 4. The van der Waals surface area contributed by atoms with Gasteiger partial charge in [-0.05, 0) is 13.8 Å². The van der Waals surface area contributed by atoms with Crippen molar-refractivity contribution in [1.82, 2.24) is 49.1 Å². The molecule has 4 N–H and O–H groups in total. The molecule has 0 saturated carbocycles. The molecule has 0 amide bonds. The number of rotatable bonds is 9. The third-order valence-corrected chi connectivity index (χ3v) is 6.28. The Bertz CT molecular complexity index is 1990. The number of azo groups is 2. The fourth-order valence-electron chi connectivity index (χ4n) is 4.02. The van der Waals surface area contributed by atoms with Gasteiger partial charge in [-0.15, -0.1) is 20.5 Å². The number of nitrogens with two attached hydrogens (primary N) is 2. The first-order valence-electron chi connectivity index (χ1n) is 12.5. The minimum atomic E-state index is -0.790. The molecular weight excluding hydrogens is 576 g/mol. The van der Waals surface area contributed by atoms with Gasteiger partial charge in [0.2, 0.25) is 5.78 Å². The molecule has 5 rings (SSSR count). The average Bonchev–Trinajstić information content (AvgIpc) is 3.74. The van der Waals surface area contributed by atoms with Crippen molar-refractivity contribution in [2.75, 3.05) is 18.6 Å². The lowest BCUT2D eigenvalue weighted by Gasteiger charge is -2.06. The van der Waals surface area contributed by atoms with Gasteiger partial charge < -0.3 is 16.2 Å². The maximum absolute atomic E-state index is 12.0. The molecule has 5 heterocycles. The van der Waals surface area contributed by atoms with E-state index in [0.717, 1.165) is 0 Å². The summed E-state index contributed by atoms with van der Waals surface area (Å²) < 4.78 is 10.1. The van der Waals surface area contributed by atoms with E-state index in [0.29, 0.717) is 11.4 Å². The molecular formula is C24H24N16O4. The monoisotopic (exact) mass is 600 g/mol. The number of aldehydes is 1. The van der Waals surface area contributed by atoms with Gasteiger partial charge in [-0.1, -0.05) is 0 Å². The van der Waals surface area contributed by atoms with Crippen LogP contribution in [0.2, 0.25) is 0 Å². The number of hydrogen-bond donors (Lipinski definition) is 2. The number of nitrogens with zero attached hydrogens (tertiary/aromatic N) is 14. The van der Waals surface area contributed by atoms with Crippen LogP contribution < -0.4 is 11.5 Å². The van der Waals surface area contributed by atoms with Gasteiger partial charge >= 0.3 is 5.97 Å². The van der Waals surface area contributed by atoms with Crippen LogP contribution in [0.1, 0.15) is 32.1 Å². The minimum absolute atomic E-state index is 0.00876. The van der Waals surface area contributed by atoms with Gasteiger partial charge in [0.15, 0.2) is 52.6 Å². The lowest BCUT2D eigenvalue weighted by molar-refractivity contribution is -0.104. The summed E-state index contributed by atoms with van der Waals surface area (Å²) in [5.41, 5.74) is 14.1. The molecule has 224 valence electrons. The summed E-state index contributed by atoms with van der Waals surface area (Å²) in [5, 5.41) is 33.4. The summed E-state index contributed by atoms with van der Waals surface area (Å²) in [7, 11) is 4.40. The van der Waals surface area contributed by atoms with Crippen LogP contribution in [-0.4, -0.2) is 74.2 Å². The van der Waals surface area contributed by atoms with Crippen molar-refractivity contribution in [1.29, 1.82) is 0 Å². The SMILES string of the molecule is COC(=O)c1cnn(C)c1N=Nc1c(C)nn(-c2cc(-n3nc(C)c(N=Nc4c(C(=O)C=O)cnn4C)c3N)ncn2)c1N. The molecule has 44 heavy (non-hydrogen) atoms. The van der Waals surface area contributed by atoms with Gasteiger partial charge in [-0.25, -0.2) is 24.1 Å². The first-order chi connectivity index (χ1) is 21.0. The molecule has 0 aromatic carbocycles. The standard InChI is InChI=1S/C24H24N16O4/c1-11-18(31-33-22-13(15(42)9-41)7-29-37(22)3)20(25)39(35-11)16-6-17(28-10-27-16)40-21(26)19(12(2)36-40)32-34-23-14(24(43)44-5)8-30-38(23)4/h6-10H,25-26H2,1-5H3. The Morgan fingerprint density at radius 3 is 1.77 bits per heavy atom. The lowest BCUT2D eigenvalue weighted by Crippen LogP contribution is -2.09. The quantitative estimate of drug-likeness (QED) is 0.0810. The van der Waals surface area contributed by atoms with Crippen LogP contribution in [0.5, 0.6) is 0 Å². The Morgan fingerprint density at radius 1 is 0.818 bits per heavy atom. The number of ether oxygens (including phenoxy) is 1. The van der Waals surface area contributed by atoms with E-state index in [1.165, 1.54) is 50.6 Å². The van der Waals surface area contributed by atoms with E-state index in [-0.39, 0.29) is 63.7 Å². The number of ketones is 1. The zero-order chi connectivity index (χ0) is 31.7. The Balaban J connectivity index is 1.47. The lowest BCUT2D eigenvalue weighted by atomic mass is 10.2. The summed E-state index contributed by atoms with van der Waals surface area (Å²) in [6.07, 6.45) is 3.98. The summed E-state index contributed by atoms with van der Waals surface area (Å²) in [6, 6.07) is 1.53. The number of anilines is 2. The van der Waals surface area contributed by atoms with Crippen LogP contribution >= 0.6 is 0 Å². The van der Waals surface area contributed by atoms with Gasteiger partial charge in [-0.2, -0.15) is 29.8 Å². The predicted molar refractivity (Wildman–Crippen MR) is 151 cm³/mol. The second-order valence-corrected chi connectivity index (χ2v) is 9.08. The summed E-state index contributed by atoms with van der Waals surface area (Å²) in [6.45, 7) is 3.33. The van der Waals surface area contributed by atoms with E-state index in [2.05, 4.69) is 50.8 Å². The highest BCUT2D eigenvalue weighted by molar-refractivity contribution is 6.34. The van der Waals surface area contributed by atoms with Crippen molar-refractivity contribution >= 4 is 52.7 Å². The van der Waals surface area contributed by atoms with Crippen LogP contribution in [0.25, 0.3) is 11.6 Å². The van der Waals surface area contributed by atoms with Crippen molar-refractivity contribution in [3.8, 4) is 11.6 Å². The van der Waals surface area contributed by atoms with Gasteiger partial charge in [0.05, 0.1) is 36.5 Å². The fourth-order valence-corrected chi connectivity index (χ4v) is 4.02. The molecule has 5 aromatic rings. The number of nitrogen functional groups attached to an aromatic ring is 2. The van der Waals surface area contributed by atoms with Gasteiger partial charge in [-0.3, -0.25) is 9.59 Å². The number of hydrogen-bond acceptors (Lipinski definition) is 16. The summed E-state index contributed by atoms with van der Waals surface area (Å²) >= 11 is 0. The van der Waals surface area contributed by atoms with Gasteiger partial charge in [0.1, 0.15) is 11.9 Å². The number of Topliss-reactive ketones (excluding diaryl/α,β-unsaturated/α-hetero) is 1. The minimum Gasteiger partial charge on any atom is -0.465 e. The van der Waals surface area contributed by atoms with E-state index in [9.17, 15) is 14.4 Å². The highest BCUT2D eigenvalue weighted by atomic mass is 16.5. The number of esters is 1. The summed E-state index contributed by atoms with van der Waals surface area (Å²) in [4.78, 5) is 43.4. The van der Waals surface area contributed by atoms with Crippen molar-refractivity contribution in [3.63, 3.8) is 0 Å². The van der Waals surface area contributed by atoms with Crippen LogP contribution in [0.15, 0.2) is 45.2 Å². The zero-order valence-electron chi connectivity index (χ0n) is 23.9. The number of carbonyl (C=O) groups is 3. The average molecular weight is 601 g/mol. The Labute approximate surface area is 247 Å². The summed E-state index contributed by atoms with van der Waals surface area (Å²) in [5.74, 6) is -0.472. The number of aromatic nitrogens is 10. The highest BCUT2D eigenvalue weighted by Gasteiger charge is 2.21. The first-order valence-corrected chi connectivity index (χ1v) is 12.5. The second kappa shape index (κ2) is 11.4. The fraction of sp³-hybridized carbons (Fsp3) is 0.208. The predicted octanol–water partition coefficient (Wildman–Crippen LogP) is 2.10. The first kappa shape index (κ1) is 29.0. The third kappa shape index (κ3) is 5.06. The smallest absolute Gasteiger partial charge is 0.343 e. The van der Waals surface area contributed by atoms with Crippen LogP contribution in [0, 0.1) is 13.8 Å². The molecule has 0 unspecified atom stereocenters. The third-order valence-electron chi connectivity index (χ3n) is 6.28. The Hall–Kier alpha value is -6.47. The van der Waals surface area contributed by atoms with Crippen LogP contribution in [-0.2, 0) is 23.6 Å². The molecule has 5 aromatic heterocycles. The van der Waals surface area contributed by atoms with E-state index in [4.69, 9.17) is 16.2 Å². The molecule has 0 bridgehead atoms. The largest absolute Gasteiger partial charge is 0.465 e. The number of carbonyl (C=O) groups excluding carboxylic acids is 3. The molecule has 0 aliphatic heterocycles. The molecule has 20 heteroatoms. The molecule has 0 atom stereocenters. The van der Waals surface area contributed by atoms with Gasteiger partial charge in [0.25, 0.3) is 0 Å². The van der Waals surface area contributed by atoms with E-state index >= 15 is 0 Å².